The highest BCUT2D eigenvalue weighted by atomic mass is 32.1. The molecule has 5 nitrogen and oxygen atoms in total. The number of aromatic nitrogens is 2. The summed E-state index contributed by atoms with van der Waals surface area (Å²) < 4.78 is 7.46. The smallest absolute Gasteiger partial charge is 0.226 e. The molecule has 0 bridgehead atoms. The Kier molecular flexibility index (Phi) is 4.58. The maximum Gasteiger partial charge on any atom is 0.226 e. The van der Waals surface area contributed by atoms with Gasteiger partial charge in [0.05, 0.1) is 12.0 Å². The molecule has 3 aromatic rings. The molecule has 2 heterocycles. The predicted molar refractivity (Wildman–Crippen MR) is 101 cm³/mol. The summed E-state index contributed by atoms with van der Waals surface area (Å²) in [5.74, 6) is 0.680. The Morgan fingerprint density at radius 3 is 2.72 bits per heavy atom. The van der Waals surface area contributed by atoms with Gasteiger partial charge in [-0.15, -0.1) is 11.3 Å². The molecule has 0 saturated heterocycles. The average Bonchev–Trinajstić information content (AvgIpc) is 3.00. The zero-order chi connectivity index (χ0) is 17.4. The van der Waals surface area contributed by atoms with Gasteiger partial charge in [0.1, 0.15) is 17.3 Å². The third-order valence-electron chi connectivity index (χ3n) is 5.13. The molecule has 1 aliphatic rings. The molecule has 25 heavy (non-hydrogen) atoms. The van der Waals surface area contributed by atoms with Gasteiger partial charge in [-0.3, -0.25) is 0 Å². The van der Waals surface area contributed by atoms with Crippen LogP contribution in [0.1, 0.15) is 31.2 Å². The van der Waals surface area contributed by atoms with Crippen molar-refractivity contribution in [3.8, 4) is 5.88 Å². The minimum Gasteiger partial charge on any atom is -0.474 e. The first kappa shape index (κ1) is 16.7. The van der Waals surface area contributed by atoms with Gasteiger partial charge in [-0.05, 0) is 57.5 Å². The fourth-order valence-electron chi connectivity index (χ4n) is 3.65. The summed E-state index contributed by atoms with van der Waals surface area (Å²) in [5, 5.41) is 11.5. The van der Waals surface area contributed by atoms with E-state index in [0.29, 0.717) is 11.9 Å². The fraction of sp³-hybridized carbons (Fsp3) is 0.474. The molecule has 0 atom stereocenters. The zero-order valence-corrected chi connectivity index (χ0v) is 15.4. The first-order valence-corrected chi connectivity index (χ1v) is 9.57. The molecule has 6 heteroatoms. The second kappa shape index (κ2) is 6.86. The van der Waals surface area contributed by atoms with E-state index < -0.39 is 0 Å². The summed E-state index contributed by atoms with van der Waals surface area (Å²) >= 11 is 1.64. The van der Waals surface area contributed by atoms with Gasteiger partial charge in [-0.1, -0.05) is 6.07 Å². The van der Waals surface area contributed by atoms with Gasteiger partial charge < -0.3 is 14.7 Å². The van der Waals surface area contributed by atoms with Crippen LogP contribution in [0.4, 0.5) is 0 Å². The third-order valence-corrected chi connectivity index (χ3v) is 6.21. The highest BCUT2D eigenvalue weighted by molar-refractivity contribution is 7.25. The Labute approximate surface area is 151 Å². The van der Waals surface area contributed by atoms with Gasteiger partial charge in [-0.2, -0.15) is 0 Å². The topological polar surface area (TPSA) is 58.5 Å². The first-order chi connectivity index (χ1) is 12.2. The van der Waals surface area contributed by atoms with E-state index in [1.54, 1.807) is 17.7 Å². The Morgan fingerprint density at radius 2 is 2.00 bits per heavy atom. The Balaban J connectivity index is 1.65. The van der Waals surface area contributed by atoms with Gasteiger partial charge in [-0.25, -0.2) is 9.97 Å². The van der Waals surface area contributed by atoms with Crippen molar-refractivity contribution in [3.63, 3.8) is 0 Å². The number of aliphatic hydroxyl groups is 1. The predicted octanol–water partition coefficient (Wildman–Crippen LogP) is 3.59. The molecule has 1 aromatic carbocycles. The van der Waals surface area contributed by atoms with Gasteiger partial charge in [0.2, 0.25) is 5.88 Å². The van der Waals surface area contributed by atoms with Crippen molar-refractivity contribution in [1.82, 2.24) is 14.9 Å². The summed E-state index contributed by atoms with van der Waals surface area (Å²) in [6.07, 6.45) is 6.23. The lowest BCUT2D eigenvalue weighted by Crippen LogP contribution is -2.35. The molecule has 1 N–H and O–H groups in total. The summed E-state index contributed by atoms with van der Waals surface area (Å²) in [7, 11) is 4.30. The van der Waals surface area contributed by atoms with E-state index in [1.807, 2.05) is 18.2 Å². The number of hydrogen-bond acceptors (Lipinski definition) is 6. The van der Waals surface area contributed by atoms with Crippen molar-refractivity contribution < 1.29 is 9.84 Å². The number of hydrogen-bond donors (Lipinski definition) is 1. The number of thiophene rings is 1. The zero-order valence-electron chi connectivity index (χ0n) is 14.6. The number of rotatable bonds is 4. The molecule has 4 rings (SSSR count). The molecule has 1 saturated carbocycles. The highest BCUT2D eigenvalue weighted by Gasteiger charge is 2.25. The van der Waals surface area contributed by atoms with E-state index in [4.69, 9.17) is 4.74 Å². The maximum absolute atomic E-state index is 9.44. The standard InChI is InChI=1S/C19H23N3O2S/c1-22(2)13-4-6-14(7-5-13)24-18-17-15-9-12(10-23)3-8-16(15)25-19(17)21-11-20-18/h3,8-9,11,13-14,23H,4-7,10H2,1-2H3. The number of aliphatic hydroxyl groups excluding tert-OH is 1. The number of ether oxygens (including phenoxy) is 1. The van der Waals surface area contributed by atoms with Gasteiger partial charge in [0, 0.05) is 16.1 Å². The van der Waals surface area contributed by atoms with Crippen molar-refractivity contribution >= 4 is 31.6 Å². The lowest BCUT2D eigenvalue weighted by Gasteiger charge is -2.32. The minimum absolute atomic E-state index is 0.0334. The molecular formula is C19H23N3O2S. The van der Waals surface area contributed by atoms with Crippen LogP contribution in [-0.2, 0) is 6.61 Å². The quantitative estimate of drug-likeness (QED) is 0.773. The van der Waals surface area contributed by atoms with Crippen molar-refractivity contribution in [2.45, 2.75) is 44.4 Å². The maximum atomic E-state index is 9.44. The summed E-state index contributed by atoms with van der Waals surface area (Å²) in [5.41, 5.74) is 0.897. The Bertz CT molecular complexity index is 885. The molecule has 2 aromatic heterocycles. The van der Waals surface area contributed by atoms with E-state index >= 15 is 0 Å². The Hall–Kier alpha value is -1.76. The van der Waals surface area contributed by atoms with Crippen LogP contribution >= 0.6 is 11.3 Å². The van der Waals surface area contributed by atoms with Gasteiger partial charge in [0.15, 0.2) is 0 Å². The Morgan fingerprint density at radius 1 is 1.20 bits per heavy atom. The van der Waals surface area contributed by atoms with Crippen LogP contribution in [0.5, 0.6) is 5.88 Å². The molecular weight excluding hydrogens is 334 g/mol. The number of benzene rings is 1. The van der Waals surface area contributed by atoms with E-state index in [9.17, 15) is 5.11 Å². The second-order valence-corrected chi connectivity index (χ2v) is 7.99. The van der Waals surface area contributed by atoms with Crippen LogP contribution in [-0.4, -0.2) is 46.2 Å². The van der Waals surface area contributed by atoms with E-state index in [0.717, 1.165) is 51.5 Å². The fourth-order valence-corrected chi connectivity index (χ4v) is 4.67. The lowest BCUT2D eigenvalue weighted by atomic mass is 9.92. The third kappa shape index (κ3) is 3.21. The molecule has 0 spiro atoms. The van der Waals surface area contributed by atoms with E-state index in [2.05, 4.69) is 29.0 Å². The number of fused-ring (bicyclic) bond motifs is 3. The summed E-state index contributed by atoms with van der Waals surface area (Å²) in [4.78, 5) is 12.1. The first-order valence-electron chi connectivity index (χ1n) is 8.76. The van der Waals surface area contributed by atoms with Crippen LogP contribution in [0.2, 0.25) is 0 Å². The van der Waals surface area contributed by atoms with E-state index in [-0.39, 0.29) is 12.7 Å². The van der Waals surface area contributed by atoms with Crippen LogP contribution in [0.25, 0.3) is 20.3 Å². The molecule has 0 unspecified atom stereocenters. The second-order valence-electron chi connectivity index (χ2n) is 6.96. The molecule has 0 amide bonds. The van der Waals surface area contributed by atoms with Crippen LogP contribution in [0, 0.1) is 0 Å². The SMILES string of the molecule is CN(C)C1CCC(Oc2ncnc3sc4ccc(CO)cc4c23)CC1. The molecule has 1 aliphatic carbocycles. The van der Waals surface area contributed by atoms with Crippen LogP contribution < -0.4 is 4.74 Å². The molecule has 132 valence electrons. The highest BCUT2D eigenvalue weighted by Crippen LogP contribution is 2.38. The normalized spacial score (nSPS) is 21.3. The largest absolute Gasteiger partial charge is 0.474 e. The minimum atomic E-state index is 0.0334. The average molecular weight is 357 g/mol. The van der Waals surface area contributed by atoms with E-state index in [1.165, 1.54) is 0 Å². The number of nitrogens with zero attached hydrogens (tertiary/aromatic N) is 3. The molecule has 0 aliphatic heterocycles. The molecule has 1 fully saturated rings. The summed E-state index contributed by atoms with van der Waals surface area (Å²) in [6, 6.07) is 6.67. The summed E-state index contributed by atoms with van der Waals surface area (Å²) in [6.45, 7) is 0.0334. The monoisotopic (exact) mass is 357 g/mol. The lowest BCUT2D eigenvalue weighted by molar-refractivity contribution is 0.108. The van der Waals surface area contributed by atoms with Gasteiger partial charge >= 0.3 is 0 Å². The molecule has 0 radical (unpaired) electrons. The van der Waals surface area contributed by atoms with Crippen LogP contribution in [0.3, 0.4) is 0 Å². The van der Waals surface area contributed by atoms with Crippen molar-refractivity contribution in [3.05, 3.63) is 30.1 Å². The van der Waals surface area contributed by atoms with Crippen molar-refractivity contribution in [2.75, 3.05) is 14.1 Å². The van der Waals surface area contributed by atoms with Crippen molar-refractivity contribution in [1.29, 1.82) is 0 Å². The van der Waals surface area contributed by atoms with Gasteiger partial charge in [0.25, 0.3) is 0 Å². The van der Waals surface area contributed by atoms with Crippen molar-refractivity contribution in [2.24, 2.45) is 0 Å². The van der Waals surface area contributed by atoms with Crippen LogP contribution in [0.15, 0.2) is 24.5 Å².